The number of benzene rings is 1. The Kier molecular flexibility index (Phi) is 4.49. The predicted molar refractivity (Wildman–Crippen MR) is 82.0 cm³/mol. The van der Waals surface area contributed by atoms with Gasteiger partial charge >= 0.3 is 6.18 Å². The number of carbonyl (C=O) groups is 3. The van der Waals surface area contributed by atoms with Crippen molar-refractivity contribution in [2.75, 3.05) is 13.1 Å². The van der Waals surface area contributed by atoms with E-state index in [0.29, 0.717) is 0 Å². The second-order valence-corrected chi connectivity index (χ2v) is 5.55. The summed E-state index contributed by atoms with van der Waals surface area (Å²) in [7, 11) is 0. The number of carbonyl (C=O) groups excluding carboxylic acids is 3. The topological polar surface area (TPSA) is 84.3 Å². The van der Waals surface area contributed by atoms with Crippen molar-refractivity contribution < 1.29 is 27.6 Å². The van der Waals surface area contributed by atoms with Crippen molar-refractivity contribution in [2.24, 2.45) is 0 Å². The number of nitrogens with zero attached hydrogens (tertiary/aromatic N) is 3. The Morgan fingerprint density at radius 1 is 1.08 bits per heavy atom. The summed E-state index contributed by atoms with van der Waals surface area (Å²) in [6, 6.07) is 7.08. The molecule has 1 aromatic heterocycles. The fraction of sp³-hybridized carbons (Fsp3) is 0.250. The minimum Gasteiger partial charge on any atom is -0.353 e. The van der Waals surface area contributed by atoms with Gasteiger partial charge < -0.3 is 5.32 Å². The Labute approximate surface area is 145 Å². The van der Waals surface area contributed by atoms with Gasteiger partial charge in [0, 0.05) is 12.7 Å². The van der Waals surface area contributed by atoms with Crippen LogP contribution in [-0.2, 0) is 17.5 Å². The first-order valence-electron chi connectivity index (χ1n) is 7.60. The van der Waals surface area contributed by atoms with Gasteiger partial charge in [0.25, 0.3) is 11.8 Å². The molecule has 10 heteroatoms. The lowest BCUT2D eigenvalue weighted by Gasteiger charge is -2.13. The summed E-state index contributed by atoms with van der Waals surface area (Å²) in [5, 5.41) is 5.80. The third-order valence-electron chi connectivity index (χ3n) is 3.77. The van der Waals surface area contributed by atoms with Gasteiger partial charge in [0.1, 0.15) is 6.54 Å². The van der Waals surface area contributed by atoms with Gasteiger partial charge in [-0.25, -0.2) is 0 Å². The summed E-state index contributed by atoms with van der Waals surface area (Å²) in [6.07, 6.45) is -3.38. The van der Waals surface area contributed by atoms with Crippen molar-refractivity contribution >= 4 is 17.7 Å². The number of hydrogen-bond acceptors (Lipinski definition) is 4. The Hall–Kier alpha value is -3.17. The lowest BCUT2D eigenvalue weighted by molar-refractivity contribution is -0.141. The molecular formula is C16H13F3N4O3. The number of rotatable bonds is 5. The van der Waals surface area contributed by atoms with Crippen LogP contribution in [0.25, 0.3) is 0 Å². The fourth-order valence-corrected chi connectivity index (χ4v) is 2.53. The molecule has 0 atom stereocenters. The van der Waals surface area contributed by atoms with Crippen molar-refractivity contribution in [3.8, 4) is 0 Å². The summed E-state index contributed by atoms with van der Waals surface area (Å²) in [5.41, 5.74) is -0.544. The summed E-state index contributed by atoms with van der Waals surface area (Å²) in [6.45, 7) is -0.440. The summed E-state index contributed by atoms with van der Waals surface area (Å²) in [4.78, 5) is 37.0. The number of fused-ring (bicyclic) bond motifs is 1. The molecule has 136 valence electrons. The van der Waals surface area contributed by atoms with Crippen LogP contribution >= 0.6 is 0 Å². The van der Waals surface area contributed by atoms with Gasteiger partial charge in [-0.2, -0.15) is 18.3 Å². The molecule has 3 rings (SSSR count). The van der Waals surface area contributed by atoms with Gasteiger partial charge in [-0.05, 0) is 18.2 Å². The maximum Gasteiger partial charge on any atom is 0.435 e. The number of nitrogens with one attached hydrogen (secondary N) is 1. The highest BCUT2D eigenvalue weighted by Crippen LogP contribution is 2.27. The van der Waals surface area contributed by atoms with Crippen LogP contribution in [0.3, 0.4) is 0 Å². The quantitative estimate of drug-likeness (QED) is 0.809. The highest BCUT2D eigenvalue weighted by atomic mass is 19.4. The Morgan fingerprint density at radius 3 is 2.23 bits per heavy atom. The molecule has 2 aromatic rings. The van der Waals surface area contributed by atoms with Crippen LogP contribution in [0.2, 0.25) is 0 Å². The molecule has 0 radical (unpaired) electrons. The molecule has 26 heavy (non-hydrogen) atoms. The zero-order chi connectivity index (χ0) is 18.9. The van der Waals surface area contributed by atoms with Crippen molar-refractivity contribution in [3.63, 3.8) is 0 Å². The molecule has 0 aliphatic carbocycles. The van der Waals surface area contributed by atoms with E-state index in [1.54, 1.807) is 12.1 Å². The monoisotopic (exact) mass is 366 g/mol. The molecule has 1 N–H and O–H groups in total. The van der Waals surface area contributed by atoms with E-state index in [-0.39, 0.29) is 24.2 Å². The molecule has 0 spiro atoms. The average Bonchev–Trinajstić information content (AvgIpc) is 3.15. The van der Waals surface area contributed by atoms with Crippen LogP contribution < -0.4 is 5.32 Å². The predicted octanol–water partition coefficient (Wildman–Crippen LogP) is 1.31. The third-order valence-corrected chi connectivity index (χ3v) is 3.77. The molecule has 0 unspecified atom stereocenters. The van der Waals surface area contributed by atoms with Crippen molar-refractivity contribution in [1.82, 2.24) is 20.0 Å². The maximum atomic E-state index is 12.4. The molecule has 1 aromatic carbocycles. The van der Waals surface area contributed by atoms with Crippen LogP contribution in [0, 0.1) is 0 Å². The molecular weight excluding hydrogens is 353 g/mol. The summed E-state index contributed by atoms with van der Waals surface area (Å²) in [5.74, 6) is -1.70. The van der Waals surface area contributed by atoms with E-state index in [0.717, 1.165) is 21.8 Å². The SMILES string of the molecule is O=C(CN1C(=O)c2ccccc2C1=O)NCCn1ccc(C(F)(F)F)n1. The zero-order valence-corrected chi connectivity index (χ0v) is 13.3. The lowest BCUT2D eigenvalue weighted by Crippen LogP contribution is -2.41. The third kappa shape index (κ3) is 3.44. The highest BCUT2D eigenvalue weighted by molar-refractivity contribution is 6.22. The first-order valence-corrected chi connectivity index (χ1v) is 7.60. The standard InChI is InChI=1S/C16H13F3N4O3/c17-16(18,19)12-5-7-22(21-12)8-6-20-13(24)9-23-14(25)10-3-1-2-4-11(10)15(23)26/h1-5,7H,6,8-9H2,(H,20,24). The van der Waals surface area contributed by atoms with E-state index in [1.165, 1.54) is 12.1 Å². The van der Waals surface area contributed by atoms with Crippen molar-refractivity contribution in [2.45, 2.75) is 12.7 Å². The molecule has 0 bridgehead atoms. The van der Waals surface area contributed by atoms with Crippen LogP contribution in [0.5, 0.6) is 0 Å². The van der Waals surface area contributed by atoms with Crippen LogP contribution in [0.1, 0.15) is 26.4 Å². The first-order chi connectivity index (χ1) is 12.3. The average molecular weight is 366 g/mol. The van der Waals surface area contributed by atoms with Gasteiger partial charge in [-0.15, -0.1) is 0 Å². The fourth-order valence-electron chi connectivity index (χ4n) is 2.53. The normalized spacial score (nSPS) is 13.9. The Bertz CT molecular complexity index is 841. The van der Waals surface area contributed by atoms with Gasteiger partial charge in [0.05, 0.1) is 17.7 Å². The highest BCUT2D eigenvalue weighted by Gasteiger charge is 2.36. The van der Waals surface area contributed by atoms with Crippen LogP contribution in [0.4, 0.5) is 13.2 Å². The number of aromatic nitrogens is 2. The van der Waals surface area contributed by atoms with E-state index in [4.69, 9.17) is 0 Å². The van der Waals surface area contributed by atoms with Gasteiger partial charge in [0.2, 0.25) is 5.91 Å². The molecule has 7 nitrogen and oxygen atoms in total. The smallest absolute Gasteiger partial charge is 0.353 e. The van der Waals surface area contributed by atoms with E-state index < -0.39 is 36.1 Å². The molecule has 2 heterocycles. The summed E-state index contributed by atoms with van der Waals surface area (Å²) < 4.78 is 38.4. The van der Waals surface area contributed by atoms with E-state index in [2.05, 4.69) is 10.4 Å². The van der Waals surface area contributed by atoms with Gasteiger partial charge in [-0.3, -0.25) is 24.0 Å². The van der Waals surface area contributed by atoms with Crippen LogP contribution in [-0.4, -0.2) is 45.5 Å². The lowest BCUT2D eigenvalue weighted by atomic mass is 10.1. The second kappa shape index (κ2) is 6.62. The van der Waals surface area contributed by atoms with E-state index in [1.807, 2.05) is 0 Å². The zero-order valence-electron chi connectivity index (χ0n) is 13.3. The minimum atomic E-state index is -4.53. The molecule has 1 aliphatic heterocycles. The number of halogens is 3. The van der Waals surface area contributed by atoms with Gasteiger partial charge in [0.15, 0.2) is 5.69 Å². The molecule has 0 fully saturated rings. The van der Waals surface area contributed by atoms with Crippen molar-refractivity contribution in [3.05, 3.63) is 53.3 Å². The molecule has 3 amide bonds. The Balaban J connectivity index is 1.52. The second-order valence-electron chi connectivity index (χ2n) is 5.55. The summed E-state index contributed by atoms with van der Waals surface area (Å²) >= 11 is 0. The molecule has 0 saturated heterocycles. The van der Waals surface area contributed by atoms with Gasteiger partial charge in [-0.1, -0.05) is 12.1 Å². The number of hydrogen-bond donors (Lipinski definition) is 1. The van der Waals surface area contributed by atoms with E-state index >= 15 is 0 Å². The number of alkyl halides is 3. The first kappa shape index (κ1) is 17.6. The van der Waals surface area contributed by atoms with E-state index in [9.17, 15) is 27.6 Å². The molecule has 1 aliphatic rings. The largest absolute Gasteiger partial charge is 0.435 e. The minimum absolute atomic E-state index is 0.000972. The van der Waals surface area contributed by atoms with Crippen molar-refractivity contribution in [1.29, 1.82) is 0 Å². The Morgan fingerprint density at radius 2 is 1.69 bits per heavy atom. The number of amides is 3. The maximum absolute atomic E-state index is 12.4. The van der Waals surface area contributed by atoms with Crippen LogP contribution in [0.15, 0.2) is 36.5 Å². The molecule has 0 saturated carbocycles. The number of imide groups is 1.